The van der Waals surface area contributed by atoms with Gasteiger partial charge in [0.2, 0.25) is 10.0 Å². The Morgan fingerprint density at radius 1 is 1.00 bits per heavy atom. The van der Waals surface area contributed by atoms with Crippen molar-refractivity contribution in [2.24, 2.45) is 0 Å². The molecule has 0 atom stereocenters. The number of hydrogen-bond acceptors (Lipinski definition) is 4. The molecule has 2 N–H and O–H groups in total. The van der Waals surface area contributed by atoms with Crippen LogP contribution in [-0.4, -0.2) is 31.1 Å². The summed E-state index contributed by atoms with van der Waals surface area (Å²) in [5.41, 5.74) is 3.70. The lowest BCUT2D eigenvalue weighted by molar-refractivity contribution is 0.587. The molecule has 0 fully saturated rings. The Balaban J connectivity index is 1.34. The van der Waals surface area contributed by atoms with Gasteiger partial charge in [-0.15, -0.1) is 0 Å². The molecule has 2 aromatic heterocycles. The maximum absolute atomic E-state index is 12.2. The van der Waals surface area contributed by atoms with Gasteiger partial charge in [-0.2, -0.15) is 5.10 Å². The van der Waals surface area contributed by atoms with Crippen molar-refractivity contribution in [2.75, 3.05) is 18.4 Å². The number of nitrogens with one attached hydrogen (secondary N) is 2. The van der Waals surface area contributed by atoms with E-state index in [-0.39, 0.29) is 0 Å². The molecule has 0 aliphatic carbocycles. The smallest absolute Gasteiger partial charge is 0.233 e. The van der Waals surface area contributed by atoms with E-state index in [2.05, 4.69) is 31.1 Å². The predicted molar refractivity (Wildman–Crippen MR) is 143 cm³/mol. The Hall–Kier alpha value is -2.65. The number of unbranched alkanes of at least 4 members (excludes halogenated alkanes) is 1. The average Bonchev–Trinajstić information content (AvgIpc) is 3.21. The highest BCUT2D eigenvalue weighted by molar-refractivity contribution is 9.10. The van der Waals surface area contributed by atoms with Crippen molar-refractivity contribution in [3.05, 3.63) is 93.4 Å². The maximum Gasteiger partial charge on any atom is 0.233 e. The minimum absolute atomic E-state index is 0.367. The number of hydrogen-bond donors (Lipinski definition) is 2. The summed E-state index contributed by atoms with van der Waals surface area (Å²) in [6.07, 6.45) is 4.82. The first-order valence-electron chi connectivity index (χ1n) is 10.8. The zero-order chi connectivity index (χ0) is 24.0. The first-order chi connectivity index (χ1) is 16.4. The molecule has 0 aliphatic rings. The first kappa shape index (κ1) is 24.5. The second-order valence-electron chi connectivity index (χ2n) is 7.69. The SMILES string of the molecule is O=S(=O)(/C=C/c1ccccc1)NCCCCNc1cc(-c2ccccc2Cl)cc2c(Br)cnn12. The summed E-state index contributed by atoms with van der Waals surface area (Å²) in [5.74, 6) is 0.837. The number of sulfonamides is 1. The molecule has 2 heterocycles. The summed E-state index contributed by atoms with van der Waals surface area (Å²) in [6.45, 7) is 1.03. The Morgan fingerprint density at radius 3 is 2.53 bits per heavy atom. The standard InChI is InChI=1S/C25H24BrClN4O2S/c26-22-18-29-31-24(22)16-20(21-10-4-5-11-23(21)27)17-25(31)28-13-6-7-14-30-34(32,33)15-12-19-8-2-1-3-9-19/h1-5,8-12,15-18,28,30H,6-7,13-14H2/b15-12+. The predicted octanol–water partition coefficient (Wildman–Crippen LogP) is 6.20. The van der Waals surface area contributed by atoms with E-state index in [1.54, 1.807) is 12.3 Å². The fourth-order valence-electron chi connectivity index (χ4n) is 3.50. The first-order valence-corrected chi connectivity index (χ1v) is 13.5. The summed E-state index contributed by atoms with van der Waals surface area (Å²) < 4.78 is 29.7. The van der Waals surface area contributed by atoms with Crippen molar-refractivity contribution < 1.29 is 8.42 Å². The van der Waals surface area contributed by atoms with Crippen molar-refractivity contribution in [2.45, 2.75) is 12.8 Å². The quantitative estimate of drug-likeness (QED) is 0.227. The zero-order valence-corrected chi connectivity index (χ0v) is 21.4. The van der Waals surface area contributed by atoms with Crippen LogP contribution in [0.2, 0.25) is 5.02 Å². The minimum atomic E-state index is -3.47. The van der Waals surface area contributed by atoms with Crippen LogP contribution in [0, 0.1) is 0 Å². The van der Waals surface area contributed by atoms with Gasteiger partial charge in [-0.3, -0.25) is 0 Å². The molecule has 9 heteroatoms. The molecule has 6 nitrogen and oxygen atoms in total. The van der Waals surface area contributed by atoms with Crippen molar-refractivity contribution in [1.82, 2.24) is 14.3 Å². The van der Waals surface area contributed by atoms with Gasteiger partial charge in [0.25, 0.3) is 0 Å². The molecule has 4 rings (SSSR count). The van der Waals surface area contributed by atoms with Crippen LogP contribution in [0.15, 0.2) is 82.8 Å². The number of halogens is 2. The molecule has 176 valence electrons. The fourth-order valence-corrected chi connectivity index (χ4v) is 4.98. The number of aromatic nitrogens is 2. The van der Waals surface area contributed by atoms with E-state index in [9.17, 15) is 8.42 Å². The van der Waals surface area contributed by atoms with E-state index in [1.807, 2.05) is 71.2 Å². The van der Waals surface area contributed by atoms with Gasteiger partial charge < -0.3 is 5.32 Å². The normalized spacial score (nSPS) is 11.9. The van der Waals surface area contributed by atoms with Crippen LogP contribution in [-0.2, 0) is 10.0 Å². The minimum Gasteiger partial charge on any atom is -0.370 e. The lowest BCUT2D eigenvalue weighted by atomic mass is 10.1. The van der Waals surface area contributed by atoms with Crippen LogP contribution in [0.1, 0.15) is 18.4 Å². The van der Waals surface area contributed by atoms with Gasteiger partial charge in [-0.25, -0.2) is 17.7 Å². The van der Waals surface area contributed by atoms with E-state index in [1.165, 1.54) is 5.41 Å². The van der Waals surface area contributed by atoms with Crippen LogP contribution in [0.3, 0.4) is 0 Å². The molecular formula is C25H24BrClN4O2S. The number of anilines is 1. The summed E-state index contributed by atoms with van der Waals surface area (Å²) in [4.78, 5) is 0. The zero-order valence-electron chi connectivity index (χ0n) is 18.3. The van der Waals surface area contributed by atoms with E-state index in [0.717, 1.165) is 38.9 Å². The van der Waals surface area contributed by atoms with Crippen molar-refractivity contribution in [1.29, 1.82) is 0 Å². The van der Waals surface area contributed by atoms with E-state index in [0.29, 0.717) is 24.5 Å². The molecule has 2 aromatic carbocycles. The van der Waals surface area contributed by atoms with Gasteiger partial charge in [-0.1, -0.05) is 60.1 Å². The second kappa shape index (κ2) is 11.2. The van der Waals surface area contributed by atoms with Crippen LogP contribution in [0.5, 0.6) is 0 Å². The summed E-state index contributed by atoms with van der Waals surface area (Å²) in [7, 11) is -3.47. The topological polar surface area (TPSA) is 75.5 Å². The molecule has 4 aromatic rings. The van der Waals surface area contributed by atoms with E-state index >= 15 is 0 Å². The van der Waals surface area contributed by atoms with Crippen LogP contribution < -0.4 is 10.0 Å². The Bertz CT molecular complexity index is 1410. The third-order valence-corrected chi connectivity index (χ3v) is 7.25. The number of pyridine rings is 1. The molecule has 0 aliphatic heterocycles. The van der Waals surface area contributed by atoms with E-state index < -0.39 is 10.0 Å². The molecule has 0 radical (unpaired) electrons. The highest BCUT2D eigenvalue weighted by atomic mass is 79.9. The van der Waals surface area contributed by atoms with Gasteiger partial charge in [0, 0.05) is 29.1 Å². The van der Waals surface area contributed by atoms with E-state index in [4.69, 9.17) is 11.6 Å². The Labute approximate surface area is 212 Å². The number of benzene rings is 2. The van der Waals surface area contributed by atoms with Crippen LogP contribution >= 0.6 is 27.5 Å². The van der Waals surface area contributed by atoms with Gasteiger partial charge in [0.1, 0.15) is 5.82 Å². The Morgan fingerprint density at radius 2 is 1.74 bits per heavy atom. The maximum atomic E-state index is 12.2. The largest absolute Gasteiger partial charge is 0.370 e. The third-order valence-electron chi connectivity index (χ3n) is 5.21. The van der Waals surface area contributed by atoms with Crippen LogP contribution in [0.25, 0.3) is 22.7 Å². The molecule has 0 saturated heterocycles. The summed E-state index contributed by atoms with van der Waals surface area (Å²) in [5, 5.41) is 9.75. The van der Waals surface area contributed by atoms with Gasteiger partial charge in [0.05, 0.1) is 16.2 Å². The molecule has 0 amide bonds. The third kappa shape index (κ3) is 6.27. The molecule has 0 saturated carbocycles. The molecule has 34 heavy (non-hydrogen) atoms. The van der Waals surface area contributed by atoms with Crippen molar-refractivity contribution in [3.8, 4) is 11.1 Å². The van der Waals surface area contributed by atoms with Crippen LogP contribution in [0.4, 0.5) is 5.82 Å². The molecular weight excluding hydrogens is 536 g/mol. The number of rotatable bonds is 10. The summed E-state index contributed by atoms with van der Waals surface area (Å²) in [6, 6.07) is 21.1. The molecule has 0 unspecified atom stereocenters. The van der Waals surface area contributed by atoms with Gasteiger partial charge in [-0.05, 0) is 64.2 Å². The molecule has 0 spiro atoms. The van der Waals surface area contributed by atoms with Crippen molar-refractivity contribution in [3.63, 3.8) is 0 Å². The average molecular weight is 560 g/mol. The lowest BCUT2D eigenvalue weighted by Crippen LogP contribution is -2.22. The number of fused-ring (bicyclic) bond motifs is 1. The highest BCUT2D eigenvalue weighted by Gasteiger charge is 2.11. The monoisotopic (exact) mass is 558 g/mol. The summed E-state index contributed by atoms with van der Waals surface area (Å²) >= 11 is 9.98. The highest BCUT2D eigenvalue weighted by Crippen LogP contribution is 2.32. The number of nitrogens with zero attached hydrogens (tertiary/aromatic N) is 2. The second-order valence-corrected chi connectivity index (χ2v) is 10.6. The Kier molecular flexibility index (Phi) is 8.05. The van der Waals surface area contributed by atoms with Crippen molar-refractivity contribution >= 4 is 55.0 Å². The lowest BCUT2D eigenvalue weighted by Gasteiger charge is -2.12. The molecule has 0 bridgehead atoms. The van der Waals surface area contributed by atoms with Gasteiger partial charge >= 0.3 is 0 Å². The fraction of sp³-hybridized carbons (Fsp3) is 0.160. The van der Waals surface area contributed by atoms with Gasteiger partial charge in [0.15, 0.2) is 0 Å².